The van der Waals surface area contributed by atoms with Crippen LogP contribution in [0.2, 0.25) is 0 Å². The minimum absolute atomic E-state index is 0.453. The highest BCUT2D eigenvalue weighted by atomic mass is 16.5. The van der Waals surface area contributed by atoms with Gasteiger partial charge in [-0.05, 0) is 42.5 Å². The number of nitrogens with one attached hydrogen (secondary N) is 1. The second-order valence-electron chi connectivity index (χ2n) is 5.93. The molecule has 2 nitrogen and oxygen atoms in total. The molecule has 2 atom stereocenters. The molecule has 0 heterocycles. The number of hydrogen-bond donors (Lipinski definition) is 1. The number of ether oxygens (including phenoxy) is 1. The molecule has 2 heteroatoms. The third-order valence-electron chi connectivity index (χ3n) is 4.39. The van der Waals surface area contributed by atoms with Gasteiger partial charge in [0.05, 0.1) is 7.11 Å². The molecule has 21 heavy (non-hydrogen) atoms. The lowest BCUT2D eigenvalue weighted by Crippen LogP contribution is -2.35. The van der Waals surface area contributed by atoms with Crippen molar-refractivity contribution in [3.63, 3.8) is 0 Å². The minimum atomic E-state index is 0.453. The summed E-state index contributed by atoms with van der Waals surface area (Å²) in [6, 6.07) is 17.5. The Hall–Kier alpha value is -1.80. The zero-order valence-electron chi connectivity index (χ0n) is 12.8. The van der Waals surface area contributed by atoms with E-state index in [4.69, 9.17) is 4.74 Å². The maximum atomic E-state index is 5.42. The predicted octanol–water partition coefficient (Wildman–Crippen LogP) is 3.56. The number of rotatable bonds is 6. The molecule has 0 radical (unpaired) electrons. The molecule has 0 fully saturated rings. The molecule has 2 aromatic carbocycles. The molecule has 0 aliphatic heterocycles. The van der Waals surface area contributed by atoms with Crippen molar-refractivity contribution in [2.24, 2.45) is 0 Å². The molecule has 0 saturated heterocycles. The van der Waals surface area contributed by atoms with Crippen molar-refractivity contribution < 1.29 is 4.74 Å². The highest BCUT2D eigenvalue weighted by Gasteiger charge is 2.25. The fourth-order valence-electron chi connectivity index (χ4n) is 3.16. The Balaban J connectivity index is 1.53. The lowest BCUT2D eigenvalue weighted by Gasteiger charge is -2.31. The van der Waals surface area contributed by atoms with Gasteiger partial charge in [-0.3, -0.25) is 0 Å². The third kappa shape index (κ3) is 3.11. The molecule has 3 rings (SSSR count). The van der Waals surface area contributed by atoms with E-state index in [0.29, 0.717) is 12.0 Å². The van der Waals surface area contributed by atoms with Crippen LogP contribution in [0.5, 0.6) is 5.75 Å². The molecule has 0 spiro atoms. The smallest absolute Gasteiger partial charge is 0.122 e. The predicted molar refractivity (Wildman–Crippen MR) is 87.0 cm³/mol. The summed E-state index contributed by atoms with van der Waals surface area (Å²) in [4.78, 5) is 0. The van der Waals surface area contributed by atoms with Gasteiger partial charge in [-0.2, -0.15) is 0 Å². The van der Waals surface area contributed by atoms with Gasteiger partial charge in [0.25, 0.3) is 0 Å². The first-order chi connectivity index (χ1) is 10.3. The molecule has 2 unspecified atom stereocenters. The lowest BCUT2D eigenvalue weighted by molar-refractivity contribution is 0.404. The summed E-state index contributed by atoms with van der Waals surface area (Å²) >= 11 is 0. The Kier molecular flexibility index (Phi) is 4.26. The third-order valence-corrected chi connectivity index (χ3v) is 4.39. The first kappa shape index (κ1) is 14.2. The Morgan fingerprint density at radius 2 is 1.90 bits per heavy atom. The molecule has 2 aromatic rings. The van der Waals surface area contributed by atoms with Crippen LogP contribution >= 0.6 is 0 Å². The largest absolute Gasteiger partial charge is 0.496 e. The second kappa shape index (κ2) is 6.31. The Bertz CT molecular complexity index is 608. The van der Waals surface area contributed by atoms with E-state index in [9.17, 15) is 0 Å². The van der Waals surface area contributed by atoms with Crippen LogP contribution in [0.25, 0.3) is 0 Å². The van der Waals surface area contributed by atoms with Crippen molar-refractivity contribution in [2.45, 2.75) is 31.7 Å². The van der Waals surface area contributed by atoms with Crippen LogP contribution in [0.1, 0.15) is 29.5 Å². The summed E-state index contributed by atoms with van der Waals surface area (Å²) in [5.41, 5.74) is 4.31. The highest BCUT2D eigenvalue weighted by molar-refractivity contribution is 5.40. The van der Waals surface area contributed by atoms with Gasteiger partial charge in [-0.25, -0.2) is 0 Å². The van der Waals surface area contributed by atoms with Crippen molar-refractivity contribution in [1.29, 1.82) is 0 Å². The van der Waals surface area contributed by atoms with Crippen molar-refractivity contribution in [3.8, 4) is 5.75 Å². The standard InChI is InChI=1S/C19H23NO/c1-14(11-16-8-4-6-10-19(16)21-2)20-13-17-12-15-7-3-5-9-18(15)17/h3-10,14,17,20H,11-13H2,1-2H3. The number of fused-ring (bicyclic) bond motifs is 1. The second-order valence-corrected chi connectivity index (χ2v) is 5.93. The molecule has 1 aliphatic rings. The molecule has 110 valence electrons. The Labute approximate surface area is 127 Å². The zero-order valence-corrected chi connectivity index (χ0v) is 12.8. The van der Waals surface area contributed by atoms with E-state index in [2.05, 4.69) is 48.6 Å². The van der Waals surface area contributed by atoms with Crippen LogP contribution in [-0.4, -0.2) is 19.7 Å². The van der Waals surface area contributed by atoms with Gasteiger partial charge >= 0.3 is 0 Å². The van der Waals surface area contributed by atoms with Crippen LogP contribution in [0.3, 0.4) is 0 Å². The van der Waals surface area contributed by atoms with E-state index < -0.39 is 0 Å². The summed E-state index contributed by atoms with van der Waals surface area (Å²) in [5.74, 6) is 1.67. The summed E-state index contributed by atoms with van der Waals surface area (Å²) in [6.07, 6.45) is 2.21. The van der Waals surface area contributed by atoms with Crippen LogP contribution in [0.15, 0.2) is 48.5 Å². The van der Waals surface area contributed by atoms with Gasteiger partial charge < -0.3 is 10.1 Å². The fourth-order valence-corrected chi connectivity index (χ4v) is 3.16. The molecule has 0 bridgehead atoms. The molecule has 1 aliphatic carbocycles. The van der Waals surface area contributed by atoms with Gasteiger partial charge in [0, 0.05) is 18.5 Å². The maximum absolute atomic E-state index is 5.42. The monoisotopic (exact) mass is 281 g/mol. The Morgan fingerprint density at radius 1 is 1.14 bits per heavy atom. The van der Waals surface area contributed by atoms with E-state index in [1.165, 1.54) is 23.1 Å². The minimum Gasteiger partial charge on any atom is -0.496 e. The Morgan fingerprint density at radius 3 is 2.71 bits per heavy atom. The molecule has 0 amide bonds. The van der Waals surface area contributed by atoms with Crippen LogP contribution in [0.4, 0.5) is 0 Å². The van der Waals surface area contributed by atoms with Gasteiger partial charge in [-0.1, -0.05) is 42.5 Å². The van der Waals surface area contributed by atoms with Crippen molar-refractivity contribution >= 4 is 0 Å². The molecular formula is C19H23NO. The maximum Gasteiger partial charge on any atom is 0.122 e. The normalized spacial score (nSPS) is 17.7. The molecular weight excluding hydrogens is 258 g/mol. The summed E-state index contributed by atoms with van der Waals surface area (Å²) in [7, 11) is 1.74. The lowest BCUT2D eigenvalue weighted by atomic mass is 9.77. The van der Waals surface area contributed by atoms with Crippen LogP contribution < -0.4 is 10.1 Å². The quantitative estimate of drug-likeness (QED) is 0.874. The van der Waals surface area contributed by atoms with Crippen molar-refractivity contribution in [1.82, 2.24) is 5.32 Å². The SMILES string of the molecule is COc1ccccc1CC(C)NCC1Cc2ccccc21. The summed E-state index contributed by atoms with van der Waals surface area (Å²) < 4.78 is 5.42. The number of methoxy groups -OCH3 is 1. The van der Waals surface area contributed by atoms with Gasteiger partial charge in [-0.15, -0.1) is 0 Å². The van der Waals surface area contributed by atoms with Crippen molar-refractivity contribution in [3.05, 3.63) is 65.2 Å². The van der Waals surface area contributed by atoms with E-state index in [1.54, 1.807) is 7.11 Å². The number of hydrogen-bond acceptors (Lipinski definition) is 2. The zero-order chi connectivity index (χ0) is 14.7. The van der Waals surface area contributed by atoms with E-state index in [0.717, 1.165) is 18.7 Å². The van der Waals surface area contributed by atoms with Crippen molar-refractivity contribution in [2.75, 3.05) is 13.7 Å². The molecule has 0 saturated carbocycles. The summed E-state index contributed by atoms with van der Waals surface area (Å²) in [6.45, 7) is 3.31. The van der Waals surface area contributed by atoms with E-state index >= 15 is 0 Å². The number of benzene rings is 2. The molecule has 1 N–H and O–H groups in total. The van der Waals surface area contributed by atoms with Crippen LogP contribution in [-0.2, 0) is 12.8 Å². The van der Waals surface area contributed by atoms with Gasteiger partial charge in [0.1, 0.15) is 5.75 Å². The average Bonchev–Trinajstić information content (AvgIpc) is 2.49. The number of para-hydroxylation sites is 1. The summed E-state index contributed by atoms with van der Waals surface area (Å²) in [5, 5.41) is 3.67. The van der Waals surface area contributed by atoms with Crippen LogP contribution in [0, 0.1) is 0 Å². The van der Waals surface area contributed by atoms with Gasteiger partial charge in [0.15, 0.2) is 0 Å². The fraction of sp³-hybridized carbons (Fsp3) is 0.368. The van der Waals surface area contributed by atoms with Gasteiger partial charge in [0.2, 0.25) is 0 Å². The first-order valence-corrected chi connectivity index (χ1v) is 7.71. The van der Waals surface area contributed by atoms with E-state index in [1.807, 2.05) is 12.1 Å². The average molecular weight is 281 g/mol. The van der Waals surface area contributed by atoms with E-state index in [-0.39, 0.29) is 0 Å². The highest BCUT2D eigenvalue weighted by Crippen LogP contribution is 2.34. The molecule has 0 aromatic heterocycles. The first-order valence-electron chi connectivity index (χ1n) is 7.71. The topological polar surface area (TPSA) is 21.3 Å².